The maximum atomic E-state index is 13.2. The van der Waals surface area contributed by atoms with E-state index in [-0.39, 0.29) is 11.4 Å². The van der Waals surface area contributed by atoms with Gasteiger partial charge in [-0.05, 0) is 29.8 Å². The predicted molar refractivity (Wildman–Crippen MR) is 110 cm³/mol. The van der Waals surface area contributed by atoms with Gasteiger partial charge in [0, 0.05) is 29.1 Å². The van der Waals surface area contributed by atoms with Crippen LogP contribution in [0.5, 0.6) is 0 Å². The first-order chi connectivity index (χ1) is 13.7. The van der Waals surface area contributed by atoms with E-state index in [1.165, 1.54) is 35.2 Å². The zero-order valence-electron chi connectivity index (χ0n) is 14.4. The molecule has 4 heterocycles. The Morgan fingerprint density at radius 3 is 2.82 bits per heavy atom. The molecule has 0 saturated heterocycles. The number of aromatic amines is 1. The molecule has 1 aromatic carbocycles. The van der Waals surface area contributed by atoms with E-state index >= 15 is 0 Å². The van der Waals surface area contributed by atoms with E-state index in [2.05, 4.69) is 15.0 Å². The predicted octanol–water partition coefficient (Wildman–Crippen LogP) is 4.73. The molecular weight excluding hydrogens is 395 g/mol. The van der Waals surface area contributed by atoms with Crippen LogP contribution in [-0.2, 0) is 5.75 Å². The summed E-state index contributed by atoms with van der Waals surface area (Å²) in [6.45, 7) is 0. The largest absolute Gasteiger partial charge is 0.307 e. The molecule has 5 rings (SSSR count). The van der Waals surface area contributed by atoms with Crippen molar-refractivity contribution in [3.05, 3.63) is 82.1 Å². The van der Waals surface area contributed by atoms with Gasteiger partial charge in [-0.1, -0.05) is 30.0 Å². The first-order valence-electron chi connectivity index (χ1n) is 8.50. The Morgan fingerprint density at radius 2 is 2.00 bits per heavy atom. The number of aromatic nitrogens is 4. The summed E-state index contributed by atoms with van der Waals surface area (Å²) < 4.78 is 15.1. The van der Waals surface area contributed by atoms with Crippen molar-refractivity contribution in [2.45, 2.75) is 10.9 Å². The quantitative estimate of drug-likeness (QED) is 0.345. The average Bonchev–Trinajstić information content (AvgIpc) is 3.31. The van der Waals surface area contributed by atoms with Crippen LogP contribution in [0.2, 0.25) is 0 Å². The van der Waals surface area contributed by atoms with Gasteiger partial charge in [0.15, 0.2) is 5.16 Å². The fraction of sp³-hybridized carbons (Fsp3) is 0.0500. The molecule has 0 bridgehead atoms. The maximum Gasteiger partial charge on any atom is 0.260 e. The van der Waals surface area contributed by atoms with Crippen LogP contribution >= 0.6 is 23.1 Å². The zero-order valence-corrected chi connectivity index (χ0v) is 16.1. The number of imidazole rings is 1. The highest BCUT2D eigenvalue weighted by Crippen LogP contribution is 2.32. The van der Waals surface area contributed by atoms with E-state index in [1.807, 2.05) is 40.4 Å². The SMILES string of the molecule is O=c1[nH]c(SCc2cn3ccccc3n2)nc2scc(-c3ccc(F)cc3)c12. The van der Waals surface area contributed by atoms with Gasteiger partial charge < -0.3 is 9.38 Å². The van der Waals surface area contributed by atoms with Crippen molar-refractivity contribution in [2.75, 3.05) is 0 Å². The fourth-order valence-electron chi connectivity index (χ4n) is 3.04. The summed E-state index contributed by atoms with van der Waals surface area (Å²) in [5.41, 5.74) is 3.17. The monoisotopic (exact) mass is 408 g/mol. The molecule has 0 aliphatic rings. The summed E-state index contributed by atoms with van der Waals surface area (Å²) in [7, 11) is 0. The molecule has 0 amide bonds. The number of nitrogens with one attached hydrogen (secondary N) is 1. The standard InChI is InChI=1S/C20H13FN4OS2/c21-13-6-4-12(5-7-13)15-11-27-19-17(15)18(26)23-20(24-19)28-10-14-9-25-8-2-1-3-16(25)22-14/h1-9,11H,10H2,(H,23,24,26). The fourth-order valence-corrected chi connectivity index (χ4v) is 4.79. The summed E-state index contributed by atoms with van der Waals surface area (Å²) in [6.07, 6.45) is 3.92. The van der Waals surface area contributed by atoms with Crippen molar-refractivity contribution >= 4 is 39.0 Å². The number of thioether (sulfide) groups is 1. The third-order valence-corrected chi connectivity index (χ3v) is 6.13. The van der Waals surface area contributed by atoms with Crippen LogP contribution < -0.4 is 5.56 Å². The smallest absolute Gasteiger partial charge is 0.260 e. The number of hydrogen-bond donors (Lipinski definition) is 1. The first kappa shape index (κ1) is 17.2. The van der Waals surface area contributed by atoms with Crippen LogP contribution in [0.15, 0.2) is 70.2 Å². The van der Waals surface area contributed by atoms with Crippen LogP contribution in [0, 0.1) is 5.82 Å². The number of benzene rings is 1. The van der Waals surface area contributed by atoms with Crippen molar-refractivity contribution in [1.29, 1.82) is 0 Å². The lowest BCUT2D eigenvalue weighted by Crippen LogP contribution is -2.08. The van der Waals surface area contributed by atoms with E-state index in [1.54, 1.807) is 12.1 Å². The van der Waals surface area contributed by atoms with Gasteiger partial charge in [0.05, 0.1) is 11.1 Å². The van der Waals surface area contributed by atoms with Crippen molar-refractivity contribution in [3.63, 3.8) is 0 Å². The molecule has 0 unspecified atom stereocenters. The van der Waals surface area contributed by atoms with Crippen LogP contribution in [-0.4, -0.2) is 19.4 Å². The maximum absolute atomic E-state index is 13.2. The minimum Gasteiger partial charge on any atom is -0.307 e. The van der Waals surface area contributed by atoms with E-state index in [9.17, 15) is 9.18 Å². The molecule has 0 aliphatic heterocycles. The molecule has 1 N–H and O–H groups in total. The van der Waals surface area contributed by atoms with E-state index < -0.39 is 0 Å². The highest BCUT2D eigenvalue weighted by molar-refractivity contribution is 7.98. The van der Waals surface area contributed by atoms with Gasteiger partial charge >= 0.3 is 0 Å². The molecule has 5 aromatic rings. The normalized spacial score (nSPS) is 11.5. The molecule has 8 heteroatoms. The summed E-state index contributed by atoms with van der Waals surface area (Å²) in [4.78, 5) is 25.3. The van der Waals surface area contributed by atoms with Crippen LogP contribution in [0.25, 0.3) is 27.0 Å². The topological polar surface area (TPSA) is 63.0 Å². The first-order valence-corrected chi connectivity index (χ1v) is 10.4. The van der Waals surface area contributed by atoms with E-state index in [4.69, 9.17) is 0 Å². The van der Waals surface area contributed by atoms with Crippen molar-refractivity contribution in [3.8, 4) is 11.1 Å². The van der Waals surface area contributed by atoms with Gasteiger partial charge in [0.2, 0.25) is 0 Å². The summed E-state index contributed by atoms with van der Waals surface area (Å²) >= 11 is 2.85. The minimum atomic E-state index is -0.305. The lowest BCUT2D eigenvalue weighted by molar-refractivity contribution is 0.628. The van der Waals surface area contributed by atoms with Crippen molar-refractivity contribution in [2.24, 2.45) is 0 Å². The Hall–Kier alpha value is -2.97. The Morgan fingerprint density at radius 1 is 1.14 bits per heavy atom. The second-order valence-electron chi connectivity index (χ2n) is 6.19. The molecular formula is C20H13FN4OS2. The Balaban J connectivity index is 1.45. The molecule has 0 atom stereocenters. The third-order valence-electron chi connectivity index (χ3n) is 4.35. The lowest BCUT2D eigenvalue weighted by Gasteiger charge is -2.01. The molecule has 138 valence electrons. The Kier molecular flexibility index (Phi) is 4.22. The van der Waals surface area contributed by atoms with Crippen molar-refractivity contribution < 1.29 is 4.39 Å². The second-order valence-corrected chi connectivity index (χ2v) is 8.02. The van der Waals surface area contributed by atoms with Gasteiger partial charge in [0.25, 0.3) is 5.56 Å². The number of pyridine rings is 1. The lowest BCUT2D eigenvalue weighted by atomic mass is 10.1. The van der Waals surface area contributed by atoms with Crippen LogP contribution in [0.3, 0.4) is 0 Å². The summed E-state index contributed by atoms with van der Waals surface area (Å²) in [5, 5.41) is 2.98. The molecule has 28 heavy (non-hydrogen) atoms. The Labute approximate surface area is 166 Å². The van der Waals surface area contributed by atoms with E-state index in [0.717, 1.165) is 22.5 Å². The molecule has 0 fully saturated rings. The number of halogens is 1. The van der Waals surface area contributed by atoms with Gasteiger partial charge in [-0.15, -0.1) is 11.3 Å². The third kappa shape index (κ3) is 3.10. The number of fused-ring (bicyclic) bond motifs is 2. The number of hydrogen-bond acceptors (Lipinski definition) is 5. The zero-order chi connectivity index (χ0) is 19.1. The van der Waals surface area contributed by atoms with Crippen LogP contribution in [0.1, 0.15) is 5.69 Å². The summed E-state index contributed by atoms with van der Waals surface area (Å²) in [6, 6.07) is 12.0. The van der Waals surface area contributed by atoms with Gasteiger partial charge in [-0.2, -0.15) is 0 Å². The number of nitrogens with zero attached hydrogens (tertiary/aromatic N) is 3. The highest BCUT2D eigenvalue weighted by Gasteiger charge is 2.14. The number of rotatable bonds is 4. The minimum absolute atomic E-state index is 0.192. The van der Waals surface area contributed by atoms with Gasteiger partial charge in [-0.3, -0.25) is 4.79 Å². The van der Waals surface area contributed by atoms with Gasteiger partial charge in [-0.25, -0.2) is 14.4 Å². The molecule has 4 aromatic heterocycles. The molecule has 0 aliphatic carbocycles. The Bertz CT molecular complexity index is 1320. The average molecular weight is 408 g/mol. The molecule has 0 saturated carbocycles. The van der Waals surface area contributed by atoms with Gasteiger partial charge in [0.1, 0.15) is 16.3 Å². The van der Waals surface area contributed by atoms with Crippen molar-refractivity contribution in [1.82, 2.24) is 19.4 Å². The van der Waals surface area contributed by atoms with E-state index in [0.29, 0.717) is 21.1 Å². The number of thiophene rings is 1. The molecule has 0 radical (unpaired) electrons. The molecule has 5 nitrogen and oxygen atoms in total. The highest BCUT2D eigenvalue weighted by atomic mass is 32.2. The number of H-pyrrole nitrogens is 1. The second kappa shape index (κ2) is 6.88. The summed E-state index contributed by atoms with van der Waals surface area (Å²) in [5.74, 6) is 0.299. The van der Waals surface area contributed by atoms with Crippen LogP contribution in [0.4, 0.5) is 4.39 Å². The molecule has 0 spiro atoms.